The zero-order valence-corrected chi connectivity index (χ0v) is 19.3. The van der Waals surface area contributed by atoms with Crippen LogP contribution in [0.4, 0.5) is 8.78 Å². The molecular weight excluding hydrogens is 450 g/mol. The molecule has 0 aliphatic carbocycles. The van der Waals surface area contributed by atoms with Crippen molar-refractivity contribution >= 4 is 12.0 Å². The van der Waals surface area contributed by atoms with Crippen LogP contribution >= 0.6 is 0 Å². The Kier molecular flexibility index (Phi) is 8.23. The second-order valence-electron chi connectivity index (χ2n) is 8.45. The predicted molar refractivity (Wildman–Crippen MR) is 131 cm³/mol. The highest BCUT2D eigenvalue weighted by molar-refractivity contribution is 5.91. The van der Waals surface area contributed by atoms with Gasteiger partial charge in [-0.3, -0.25) is 9.69 Å². The number of halogens is 2. The van der Waals surface area contributed by atoms with Gasteiger partial charge in [0.15, 0.2) is 0 Å². The van der Waals surface area contributed by atoms with Crippen LogP contribution in [0.15, 0.2) is 78.9 Å². The summed E-state index contributed by atoms with van der Waals surface area (Å²) < 4.78 is 33.0. The number of aromatic hydroxyl groups is 1. The number of nitrogens with zero attached hydrogens (tertiary/aromatic N) is 2. The number of phenolic OH excluding ortho intramolecular Hbond substituents is 1. The van der Waals surface area contributed by atoms with E-state index in [1.807, 2.05) is 4.90 Å². The summed E-state index contributed by atoms with van der Waals surface area (Å²) >= 11 is 0. The lowest BCUT2D eigenvalue weighted by Crippen LogP contribution is -2.49. The monoisotopic (exact) mass is 478 g/mol. The average molecular weight is 479 g/mol. The van der Waals surface area contributed by atoms with Crippen LogP contribution in [0.2, 0.25) is 0 Å². The standard InChI is InChI=1S/C28H28F2N2O3/c29-24-8-4-22(5-9-24)28(23-6-10-25(30)11-7-23)35-20-19-31-15-17-32(18-16-31)27(34)14-3-21-1-12-26(33)13-2-21/h1-14,28,33H,15-20H2/b14-3+. The quantitative estimate of drug-likeness (QED) is 0.480. The largest absolute Gasteiger partial charge is 0.508 e. The molecule has 0 unspecified atom stereocenters. The van der Waals surface area contributed by atoms with Crippen LogP contribution in [0.25, 0.3) is 6.08 Å². The fourth-order valence-electron chi connectivity index (χ4n) is 4.01. The normalized spacial score (nSPS) is 14.7. The molecule has 1 aliphatic rings. The maximum Gasteiger partial charge on any atom is 0.246 e. The number of hydrogen-bond acceptors (Lipinski definition) is 4. The van der Waals surface area contributed by atoms with E-state index in [1.165, 1.54) is 24.3 Å². The molecule has 1 fully saturated rings. The van der Waals surface area contributed by atoms with E-state index in [0.717, 1.165) is 29.8 Å². The lowest BCUT2D eigenvalue weighted by atomic mass is 10.0. The lowest BCUT2D eigenvalue weighted by molar-refractivity contribution is -0.127. The average Bonchev–Trinajstić information content (AvgIpc) is 2.88. The lowest BCUT2D eigenvalue weighted by Gasteiger charge is -2.34. The summed E-state index contributed by atoms with van der Waals surface area (Å²) in [5.74, 6) is -0.495. The maximum absolute atomic E-state index is 13.4. The van der Waals surface area contributed by atoms with Crippen molar-refractivity contribution in [2.45, 2.75) is 6.10 Å². The molecular formula is C28H28F2N2O3. The summed E-state index contributed by atoms with van der Waals surface area (Å²) in [5.41, 5.74) is 2.45. The summed E-state index contributed by atoms with van der Waals surface area (Å²) in [7, 11) is 0. The molecule has 5 nitrogen and oxygen atoms in total. The summed E-state index contributed by atoms with van der Waals surface area (Å²) in [5, 5.41) is 9.35. The highest BCUT2D eigenvalue weighted by Gasteiger charge is 2.21. The van der Waals surface area contributed by atoms with Gasteiger partial charge in [0.1, 0.15) is 23.5 Å². The van der Waals surface area contributed by atoms with E-state index < -0.39 is 6.10 Å². The van der Waals surface area contributed by atoms with Gasteiger partial charge < -0.3 is 14.7 Å². The Morgan fingerprint density at radius 2 is 1.40 bits per heavy atom. The first kappa shape index (κ1) is 24.6. The van der Waals surface area contributed by atoms with Crippen molar-refractivity contribution in [3.63, 3.8) is 0 Å². The van der Waals surface area contributed by atoms with Gasteiger partial charge in [-0.15, -0.1) is 0 Å². The van der Waals surface area contributed by atoms with Crippen LogP contribution < -0.4 is 0 Å². The molecule has 1 amide bonds. The molecule has 182 valence electrons. The molecule has 0 spiro atoms. The van der Waals surface area contributed by atoms with E-state index >= 15 is 0 Å². The molecule has 0 saturated carbocycles. The van der Waals surface area contributed by atoms with Gasteiger partial charge in [-0.05, 0) is 59.2 Å². The van der Waals surface area contributed by atoms with Crippen LogP contribution in [0.1, 0.15) is 22.8 Å². The third kappa shape index (κ3) is 6.97. The fraction of sp³-hybridized carbons (Fsp3) is 0.250. The van der Waals surface area contributed by atoms with E-state index in [4.69, 9.17) is 4.74 Å². The highest BCUT2D eigenvalue weighted by atomic mass is 19.1. The minimum absolute atomic E-state index is 0.0401. The third-order valence-corrected chi connectivity index (χ3v) is 6.03. The number of hydrogen-bond donors (Lipinski definition) is 1. The molecule has 3 aromatic carbocycles. The molecule has 0 atom stereocenters. The summed E-state index contributed by atoms with van der Waals surface area (Å²) in [6.45, 7) is 3.84. The number of amides is 1. The highest BCUT2D eigenvalue weighted by Crippen LogP contribution is 2.26. The molecule has 3 aromatic rings. The number of carbonyl (C=O) groups excluding carboxylic acids is 1. The van der Waals surface area contributed by atoms with Crippen molar-refractivity contribution in [2.24, 2.45) is 0 Å². The molecule has 0 radical (unpaired) electrons. The summed E-state index contributed by atoms with van der Waals surface area (Å²) in [4.78, 5) is 16.6. The van der Waals surface area contributed by atoms with Crippen molar-refractivity contribution in [3.05, 3.63) is 107 Å². The summed E-state index contributed by atoms with van der Waals surface area (Å²) in [6, 6.07) is 19.0. The molecule has 1 heterocycles. The second-order valence-corrected chi connectivity index (χ2v) is 8.45. The van der Waals surface area contributed by atoms with Gasteiger partial charge in [-0.2, -0.15) is 0 Å². The first-order valence-electron chi connectivity index (χ1n) is 11.6. The number of benzene rings is 3. The van der Waals surface area contributed by atoms with E-state index in [9.17, 15) is 18.7 Å². The molecule has 4 rings (SSSR count). The predicted octanol–water partition coefficient (Wildman–Crippen LogP) is 4.63. The van der Waals surface area contributed by atoms with Crippen molar-refractivity contribution in [2.75, 3.05) is 39.3 Å². The van der Waals surface area contributed by atoms with Gasteiger partial charge in [0.25, 0.3) is 0 Å². The molecule has 35 heavy (non-hydrogen) atoms. The number of ether oxygens (including phenoxy) is 1. The topological polar surface area (TPSA) is 53.0 Å². The van der Waals surface area contributed by atoms with Gasteiger partial charge in [0.05, 0.1) is 6.61 Å². The van der Waals surface area contributed by atoms with Crippen molar-refractivity contribution < 1.29 is 23.4 Å². The SMILES string of the molecule is O=C(/C=C/c1ccc(O)cc1)N1CCN(CCOC(c2ccc(F)cc2)c2ccc(F)cc2)CC1. The number of phenols is 1. The molecule has 0 aromatic heterocycles. The van der Waals surface area contributed by atoms with E-state index in [2.05, 4.69) is 4.90 Å². The van der Waals surface area contributed by atoms with Gasteiger partial charge in [-0.25, -0.2) is 8.78 Å². The van der Waals surface area contributed by atoms with Gasteiger partial charge >= 0.3 is 0 Å². The van der Waals surface area contributed by atoms with Crippen LogP contribution in [-0.4, -0.2) is 60.1 Å². The number of rotatable bonds is 8. The minimum Gasteiger partial charge on any atom is -0.508 e. The Labute approximate surface area is 203 Å². The molecule has 7 heteroatoms. The van der Waals surface area contributed by atoms with E-state index in [1.54, 1.807) is 60.7 Å². The van der Waals surface area contributed by atoms with Gasteiger partial charge in [0.2, 0.25) is 5.91 Å². The van der Waals surface area contributed by atoms with Crippen molar-refractivity contribution in [3.8, 4) is 5.75 Å². The molecule has 1 saturated heterocycles. The van der Waals surface area contributed by atoms with Crippen LogP contribution in [-0.2, 0) is 9.53 Å². The zero-order chi connectivity index (χ0) is 24.6. The smallest absolute Gasteiger partial charge is 0.246 e. The third-order valence-electron chi connectivity index (χ3n) is 6.03. The summed E-state index contributed by atoms with van der Waals surface area (Å²) in [6.07, 6.45) is 2.87. The van der Waals surface area contributed by atoms with E-state index in [-0.39, 0.29) is 23.3 Å². The minimum atomic E-state index is -0.427. The van der Waals surface area contributed by atoms with Crippen LogP contribution in [0.5, 0.6) is 5.75 Å². The molecule has 1 aliphatic heterocycles. The van der Waals surface area contributed by atoms with Gasteiger partial charge in [0, 0.05) is 38.8 Å². The van der Waals surface area contributed by atoms with Crippen LogP contribution in [0.3, 0.4) is 0 Å². The Morgan fingerprint density at radius 3 is 1.94 bits per heavy atom. The fourth-order valence-corrected chi connectivity index (χ4v) is 4.01. The van der Waals surface area contributed by atoms with Crippen molar-refractivity contribution in [1.82, 2.24) is 9.80 Å². The molecule has 0 bridgehead atoms. The Balaban J connectivity index is 1.27. The number of carbonyl (C=O) groups is 1. The first-order chi connectivity index (χ1) is 17.0. The zero-order valence-electron chi connectivity index (χ0n) is 19.3. The Morgan fingerprint density at radius 1 is 0.857 bits per heavy atom. The Hall–Kier alpha value is -3.55. The van der Waals surface area contributed by atoms with E-state index in [0.29, 0.717) is 26.2 Å². The maximum atomic E-state index is 13.4. The van der Waals surface area contributed by atoms with Crippen molar-refractivity contribution in [1.29, 1.82) is 0 Å². The first-order valence-corrected chi connectivity index (χ1v) is 11.6. The molecule has 1 N–H and O–H groups in total. The Bertz CT molecular complexity index is 1080. The van der Waals surface area contributed by atoms with Crippen LogP contribution in [0, 0.1) is 11.6 Å². The van der Waals surface area contributed by atoms with Gasteiger partial charge in [-0.1, -0.05) is 36.4 Å². The number of piperazine rings is 1. The second kappa shape index (κ2) is 11.7.